The van der Waals surface area contributed by atoms with E-state index in [0.29, 0.717) is 23.0 Å². The first-order valence-corrected chi connectivity index (χ1v) is 6.00. The molecule has 3 heteroatoms. The molecule has 2 aliphatic carbocycles. The van der Waals surface area contributed by atoms with E-state index in [0.717, 1.165) is 5.92 Å². The number of pyridine rings is 1. The number of rotatable bonds is 1. The van der Waals surface area contributed by atoms with E-state index in [1.165, 1.54) is 24.8 Å². The van der Waals surface area contributed by atoms with Crippen LogP contribution in [0.3, 0.4) is 0 Å². The minimum atomic E-state index is 0.422. The summed E-state index contributed by atoms with van der Waals surface area (Å²) in [7, 11) is 0. The fourth-order valence-corrected chi connectivity index (χ4v) is 3.49. The number of halogens is 1. The summed E-state index contributed by atoms with van der Waals surface area (Å²) in [6, 6.07) is 4.41. The maximum atomic E-state index is 6.20. The van der Waals surface area contributed by atoms with Gasteiger partial charge in [-0.25, -0.2) is 4.98 Å². The molecular weight excluding hydrogens is 208 g/mol. The van der Waals surface area contributed by atoms with E-state index in [-0.39, 0.29) is 0 Å². The second-order valence-corrected chi connectivity index (χ2v) is 5.22. The molecule has 1 heterocycles. The molecule has 0 aromatic carbocycles. The fraction of sp³-hybridized carbons (Fsp3) is 0.583. The molecule has 2 N–H and O–H groups in total. The van der Waals surface area contributed by atoms with Crippen LogP contribution in [0.5, 0.6) is 0 Å². The molecule has 4 atom stereocenters. The van der Waals surface area contributed by atoms with Crippen LogP contribution in [0.4, 0.5) is 0 Å². The Kier molecular flexibility index (Phi) is 2.22. The topological polar surface area (TPSA) is 38.9 Å². The molecule has 1 aromatic rings. The molecule has 0 unspecified atom stereocenters. The third-order valence-electron chi connectivity index (χ3n) is 4.16. The fourth-order valence-electron chi connectivity index (χ4n) is 3.38. The highest BCUT2D eigenvalue weighted by Gasteiger charge is 2.46. The Balaban J connectivity index is 1.87. The lowest BCUT2D eigenvalue weighted by Gasteiger charge is -2.21. The van der Waals surface area contributed by atoms with E-state index >= 15 is 0 Å². The first-order chi connectivity index (χ1) is 7.25. The number of hydrogen-bond donors (Lipinski definition) is 1. The van der Waals surface area contributed by atoms with E-state index in [1.807, 2.05) is 12.3 Å². The lowest BCUT2D eigenvalue weighted by Crippen LogP contribution is -2.25. The molecule has 2 aliphatic rings. The molecule has 1 aromatic heterocycles. The molecule has 2 saturated carbocycles. The quantitative estimate of drug-likeness (QED) is 0.742. The van der Waals surface area contributed by atoms with Gasteiger partial charge >= 0.3 is 0 Å². The van der Waals surface area contributed by atoms with Crippen LogP contribution in [0.1, 0.15) is 30.7 Å². The van der Waals surface area contributed by atoms with Crippen LogP contribution in [0.15, 0.2) is 18.3 Å². The van der Waals surface area contributed by atoms with Crippen LogP contribution in [-0.2, 0) is 0 Å². The van der Waals surface area contributed by atoms with Crippen molar-refractivity contribution in [2.75, 3.05) is 0 Å². The Morgan fingerprint density at radius 3 is 2.73 bits per heavy atom. The maximum Gasteiger partial charge on any atom is 0.129 e. The summed E-state index contributed by atoms with van der Waals surface area (Å²) in [5.74, 6) is 2.05. The zero-order chi connectivity index (χ0) is 10.4. The van der Waals surface area contributed by atoms with Gasteiger partial charge in [-0.15, -0.1) is 0 Å². The molecule has 0 radical (unpaired) electrons. The number of fused-ring (bicyclic) bond motifs is 2. The van der Waals surface area contributed by atoms with Crippen molar-refractivity contribution >= 4 is 11.6 Å². The molecule has 80 valence electrons. The predicted octanol–water partition coefficient (Wildman–Crippen LogP) is 2.58. The molecular formula is C12H15ClN2. The molecule has 2 nitrogen and oxygen atoms in total. The van der Waals surface area contributed by atoms with E-state index in [2.05, 4.69) is 11.1 Å². The molecule has 15 heavy (non-hydrogen) atoms. The zero-order valence-corrected chi connectivity index (χ0v) is 9.32. The van der Waals surface area contributed by atoms with Crippen molar-refractivity contribution in [3.05, 3.63) is 29.0 Å². The van der Waals surface area contributed by atoms with Crippen molar-refractivity contribution in [2.24, 2.45) is 17.6 Å². The van der Waals surface area contributed by atoms with E-state index < -0.39 is 0 Å². The highest BCUT2D eigenvalue weighted by Crippen LogP contribution is 2.51. The van der Waals surface area contributed by atoms with Gasteiger partial charge in [0.25, 0.3) is 0 Å². The van der Waals surface area contributed by atoms with Crippen LogP contribution in [0.2, 0.25) is 5.15 Å². The Hall–Kier alpha value is -0.600. The van der Waals surface area contributed by atoms with Gasteiger partial charge in [-0.3, -0.25) is 0 Å². The van der Waals surface area contributed by atoms with Gasteiger partial charge in [0.05, 0.1) is 0 Å². The average molecular weight is 223 g/mol. The molecule has 0 spiro atoms. The summed E-state index contributed by atoms with van der Waals surface area (Å²) >= 11 is 5.79. The van der Waals surface area contributed by atoms with Crippen molar-refractivity contribution in [1.82, 2.24) is 4.98 Å². The summed E-state index contributed by atoms with van der Waals surface area (Å²) in [5.41, 5.74) is 7.52. The Labute approximate surface area is 94.8 Å². The number of hydrogen-bond acceptors (Lipinski definition) is 2. The molecule has 0 aliphatic heterocycles. The largest absolute Gasteiger partial charge is 0.327 e. The Morgan fingerprint density at radius 1 is 1.33 bits per heavy atom. The van der Waals surface area contributed by atoms with Gasteiger partial charge in [0, 0.05) is 12.2 Å². The first-order valence-electron chi connectivity index (χ1n) is 5.63. The summed E-state index contributed by atoms with van der Waals surface area (Å²) in [4.78, 5) is 4.16. The molecule has 0 amide bonds. The normalized spacial score (nSPS) is 38.5. The van der Waals surface area contributed by atoms with Crippen molar-refractivity contribution in [2.45, 2.75) is 31.2 Å². The number of aromatic nitrogens is 1. The maximum absolute atomic E-state index is 6.20. The number of nitrogens with zero attached hydrogens (tertiary/aromatic N) is 1. The third kappa shape index (κ3) is 1.47. The van der Waals surface area contributed by atoms with Crippen LogP contribution >= 0.6 is 11.6 Å². The van der Waals surface area contributed by atoms with Gasteiger partial charge < -0.3 is 5.73 Å². The third-order valence-corrected chi connectivity index (χ3v) is 4.39. The van der Waals surface area contributed by atoms with Crippen LogP contribution in [-0.4, -0.2) is 11.0 Å². The highest BCUT2D eigenvalue weighted by molar-refractivity contribution is 6.29. The SMILES string of the molecule is N[C@@H]1[C@H]2CC[C@@H]1[C@@H](c1ccc(Cl)nc1)C2. The molecule has 3 rings (SSSR count). The van der Waals surface area contributed by atoms with Gasteiger partial charge in [-0.2, -0.15) is 0 Å². The minimum absolute atomic E-state index is 0.422. The van der Waals surface area contributed by atoms with E-state index in [4.69, 9.17) is 17.3 Å². The first kappa shape index (κ1) is 9.61. The van der Waals surface area contributed by atoms with Gasteiger partial charge in [0.2, 0.25) is 0 Å². The smallest absolute Gasteiger partial charge is 0.129 e. The Morgan fingerprint density at radius 2 is 2.20 bits per heavy atom. The van der Waals surface area contributed by atoms with Gasteiger partial charge in [-0.05, 0) is 48.6 Å². The van der Waals surface area contributed by atoms with E-state index in [1.54, 1.807) is 0 Å². The lowest BCUT2D eigenvalue weighted by molar-refractivity contribution is 0.417. The van der Waals surface area contributed by atoms with E-state index in [9.17, 15) is 0 Å². The summed E-state index contributed by atoms with van der Waals surface area (Å²) in [5, 5.41) is 0.575. The van der Waals surface area contributed by atoms with Crippen molar-refractivity contribution in [3.8, 4) is 0 Å². The zero-order valence-electron chi connectivity index (χ0n) is 8.57. The minimum Gasteiger partial charge on any atom is -0.327 e. The van der Waals surface area contributed by atoms with Crippen LogP contribution < -0.4 is 5.73 Å². The monoisotopic (exact) mass is 222 g/mol. The van der Waals surface area contributed by atoms with Crippen LogP contribution in [0, 0.1) is 11.8 Å². The standard InChI is InChI=1S/C12H15ClN2/c13-11-4-2-8(6-15-11)10-5-7-1-3-9(10)12(7)14/h2,4,6-7,9-10,12H,1,3,5,14H2/t7-,9+,10+,12+/m0/s1. The van der Waals surface area contributed by atoms with Crippen molar-refractivity contribution < 1.29 is 0 Å². The summed E-state index contributed by atoms with van der Waals surface area (Å²) < 4.78 is 0. The average Bonchev–Trinajstić information content (AvgIpc) is 2.75. The molecule has 2 fully saturated rings. The van der Waals surface area contributed by atoms with Crippen molar-refractivity contribution in [3.63, 3.8) is 0 Å². The second-order valence-electron chi connectivity index (χ2n) is 4.84. The lowest BCUT2D eigenvalue weighted by atomic mass is 9.84. The van der Waals surface area contributed by atoms with Gasteiger partial charge in [0.15, 0.2) is 0 Å². The second kappa shape index (κ2) is 3.46. The predicted molar refractivity (Wildman–Crippen MR) is 60.8 cm³/mol. The van der Waals surface area contributed by atoms with Gasteiger partial charge in [-0.1, -0.05) is 17.7 Å². The summed E-state index contributed by atoms with van der Waals surface area (Å²) in [6.07, 6.45) is 5.78. The molecule has 2 bridgehead atoms. The molecule has 0 saturated heterocycles. The highest BCUT2D eigenvalue weighted by atomic mass is 35.5. The Bertz CT molecular complexity index is 362. The number of nitrogens with two attached hydrogens (primary N) is 1. The van der Waals surface area contributed by atoms with Gasteiger partial charge in [0.1, 0.15) is 5.15 Å². The summed E-state index contributed by atoms with van der Waals surface area (Å²) in [6.45, 7) is 0. The van der Waals surface area contributed by atoms with Crippen LogP contribution in [0.25, 0.3) is 0 Å². The van der Waals surface area contributed by atoms with Crippen molar-refractivity contribution in [1.29, 1.82) is 0 Å².